The minimum Gasteiger partial charge on any atom is -0.408 e. The summed E-state index contributed by atoms with van der Waals surface area (Å²) < 4.78 is 38.5. The molecule has 2 N–H and O–H groups in total. The van der Waals surface area contributed by atoms with E-state index in [1.807, 2.05) is 0 Å². The summed E-state index contributed by atoms with van der Waals surface area (Å²) >= 11 is 0. The molecule has 1 aliphatic heterocycles. The molecule has 1 aromatic carbocycles. The van der Waals surface area contributed by atoms with Gasteiger partial charge >= 0.3 is 5.76 Å². The fourth-order valence-corrected chi connectivity index (χ4v) is 3.95. The molecule has 1 fully saturated rings. The lowest BCUT2D eigenvalue weighted by Gasteiger charge is -2.31. The number of hydrogen-bond acceptors (Lipinski definition) is 6. The van der Waals surface area contributed by atoms with E-state index in [0.717, 1.165) is 0 Å². The average Bonchev–Trinajstić information content (AvgIpc) is 2.81. The van der Waals surface area contributed by atoms with E-state index in [4.69, 9.17) is 14.9 Å². The molecule has 2 aromatic rings. The molecule has 0 spiro atoms. The third kappa shape index (κ3) is 2.45. The van der Waals surface area contributed by atoms with Gasteiger partial charge in [0, 0.05) is 32.7 Å². The standard InChI is InChI=1S/C13H17N3O5S/c1-15-11-3-2-10(6-12(11)21-13(15)17)22(18,19)16-4-5-20-9(7-14)8-16/h2-3,6,9H,4-5,7-8,14H2,1H3. The molecule has 0 saturated carbocycles. The number of oxazole rings is 1. The van der Waals surface area contributed by atoms with E-state index in [1.165, 1.54) is 21.0 Å². The van der Waals surface area contributed by atoms with Gasteiger partial charge in [-0.25, -0.2) is 13.2 Å². The Bertz CT molecular complexity index is 854. The van der Waals surface area contributed by atoms with Crippen LogP contribution in [-0.2, 0) is 21.8 Å². The molecule has 1 aliphatic rings. The van der Waals surface area contributed by atoms with Crippen molar-refractivity contribution in [3.8, 4) is 0 Å². The monoisotopic (exact) mass is 327 g/mol. The van der Waals surface area contributed by atoms with E-state index in [-0.39, 0.29) is 36.2 Å². The molecule has 120 valence electrons. The molecular weight excluding hydrogens is 310 g/mol. The van der Waals surface area contributed by atoms with Crippen LogP contribution in [0.2, 0.25) is 0 Å². The number of aryl methyl sites for hydroxylation is 1. The highest BCUT2D eigenvalue weighted by atomic mass is 32.2. The maximum Gasteiger partial charge on any atom is 0.419 e. The van der Waals surface area contributed by atoms with Crippen LogP contribution in [0.25, 0.3) is 11.1 Å². The Balaban J connectivity index is 2.00. The lowest BCUT2D eigenvalue weighted by molar-refractivity contribution is 0.00451. The second-order valence-electron chi connectivity index (χ2n) is 5.15. The van der Waals surface area contributed by atoms with Gasteiger partial charge in [0.2, 0.25) is 10.0 Å². The van der Waals surface area contributed by atoms with Crippen molar-refractivity contribution in [1.29, 1.82) is 0 Å². The second-order valence-corrected chi connectivity index (χ2v) is 7.09. The summed E-state index contributed by atoms with van der Waals surface area (Å²) in [6.07, 6.45) is -0.304. The lowest BCUT2D eigenvalue weighted by Crippen LogP contribution is -2.48. The third-order valence-electron chi connectivity index (χ3n) is 3.77. The number of nitrogens with zero attached hydrogens (tertiary/aromatic N) is 2. The highest BCUT2D eigenvalue weighted by Crippen LogP contribution is 2.22. The van der Waals surface area contributed by atoms with Gasteiger partial charge in [-0.15, -0.1) is 0 Å². The highest BCUT2D eigenvalue weighted by Gasteiger charge is 2.30. The van der Waals surface area contributed by atoms with Gasteiger partial charge in [-0.1, -0.05) is 0 Å². The predicted molar refractivity (Wildman–Crippen MR) is 79.0 cm³/mol. The van der Waals surface area contributed by atoms with Crippen LogP contribution in [0.4, 0.5) is 0 Å². The van der Waals surface area contributed by atoms with Gasteiger partial charge in [0.05, 0.1) is 23.1 Å². The lowest BCUT2D eigenvalue weighted by atomic mass is 10.3. The Morgan fingerprint density at radius 3 is 2.91 bits per heavy atom. The predicted octanol–water partition coefficient (Wildman–Crippen LogP) is -0.520. The fourth-order valence-electron chi connectivity index (χ4n) is 2.48. The average molecular weight is 327 g/mol. The Kier molecular flexibility index (Phi) is 3.81. The summed E-state index contributed by atoms with van der Waals surface area (Å²) in [7, 11) is -2.11. The van der Waals surface area contributed by atoms with Crippen LogP contribution in [0.5, 0.6) is 0 Å². The molecule has 0 amide bonds. The van der Waals surface area contributed by atoms with Crippen molar-refractivity contribution >= 4 is 21.1 Å². The Hall–Kier alpha value is -1.68. The second kappa shape index (κ2) is 5.51. The first-order valence-electron chi connectivity index (χ1n) is 6.85. The molecule has 1 unspecified atom stereocenters. The first-order valence-corrected chi connectivity index (χ1v) is 8.29. The molecule has 1 aromatic heterocycles. The fraction of sp³-hybridized carbons (Fsp3) is 0.462. The van der Waals surface area contributed by atoms with Crippen molar-refractivity contribution in [1.82, 2.24) is 8.87 Å². The Labute approximate surface area is 127 Å². The number of benzene rings is 1. The molecule has 8 nitrogen and oxygen atoms in total. The van der Waals surface area contributed by atoms with Crippen LogP contribution in [0.3, 0.4) is 0 Å². The molecule has 0 aliphatic carbocycles. The van der Waals surface area contributed by atoms with E-state index >= 15 is 0 Å². The maximum atomic E-state index is 12.7. The number of fused-ring (bicyclic) bond motifs is 1. The first kappa shape index (κ1) is 15.2. The number of rotatable bonds is 3. The van der Waals surface area contributed by atoms with Gasteiger partial charge in [-0.2, -0.15) is 4.31 Å². The summed E-state index contributed by atoms with van der Waals surface area (Å²) in [5.41, 5.74) is 6.34. The quantitative estimate of drug-likeness (QED) is 0.813. The van der Waals surface area contributed by atoms with Crippen molar-refractivity contribution in [2.75, 3.05) is 26.2 Å². The zero-order valence-corrected chi connectivity index (χ0v) is 12.9. The summed E-state index contributed by atoms with van der Waals surface area (Å²) in [6, 6.07) is 4.41. The van der Waals surface area contributed by atoms with E-state index in [2.05, 4.69) is 0 Å². The van der Waals surface area contributed by atoms with Crippen molar-refractivity contribution in [2.45, 2.75) is 11.0 Å². The van der Waals surface area contributed by atoms with Gasteiger partial charge in [0.25, 0.3) is 0 Å². The molecule has 9 heteroatoms. The maximum absolute atomic E-state index is 12.7. The third-order valence-corrected chi connectivity index (χ3v) is 5.63. The van der Waals surface area contributed by atoms with Gasteiger partial charge < -0.3 is 14.9 Å². The van der Waals surface area contributed by atoms with Crippen molar-refractivity contribution < 1.29 is 17.6 Å². The number of hydrogen-bond donors (Lipinski definition) is 1. The summed E-state index contributed by atoms with van der Waals surface area (Å²) in [5, 5.41) is 0. The summed E-state index contributed by atoms with van der Waals surface area (Å²) in [6.45, 7) is 1.06. The summed E-state index contributed by atoms with van der Waals surface area (Å²) in [4.78, 5) is 11.6. The molecule has 2 heterocycles. The zero-order valence-electron chi connectivity index (χ0n) is 12.1. The van der Waals surface area contributed by atoms with Crippen LogP contribution in [0, 0.1) is 0 Å². The molecule has 1 atom stereocenters. The van der Waals surface area contributed by atoms with E-state index in [0.29, 0.717) is 12.1 Å². The van der Waals surface area contributed by atoms with Crippen LogP contribution in [0.15, 0.2) is 32.3 Å². The molecule has 0 bridgehead atoms. The Morgan fingerprint density at radius 2 is 2.18 bits per heavy atom. The van der Waals surface area contributed by atoms with Gasteiger partial charge in [0.1, 0.15) is 0 Å². The molecule has 0 radical (unpaired) electrons. The normalized spacial score (nSPS) is 20.5. The minimum absolute atomic E-state index is 0.0898. The smallest absolute Gasteiger partial charge is 0.408 e. The molecule has 3 rings (SSSR count). The Morgan fingerprint density at radius 1 is 1.41 bits per heavy atom. The number of aromatic nitrogens is 1. The van der Waals surface area contributed by atoms with Crippen molar-refractivity contribution in [3.05, 3.63) is 28.7 Å². The number of morpholine rings is 1. The number of sulfonamides is 1. The van der Waals surface area contributed by atoms with Crippen LogP contribution < -0.4 is 11.5 Å². The number of nitrogens with two attached hydrogens (primary N) is 1. The van der Waals surface area contributed by atoms with Crippen molar-refractivity contribution in [3.63, 3.8) is 0 Å². The van der Waals surface area contributed by atoms with E-state index < -0.39 is 15.8 Å². The SMILES string of the molecule is Cn1c(=O)oc2cc(S(=O)(=O)N3CCOC(CN)C3)ccc21. The van der Waals surface area contributed by atoms with Crippen molar-refractivity contribution in [2.24, 2.45) is 12.8 Å². The van der Waals surface area contributed by atoms with E-state index in [9.17, 15) is 13.2 Å². The zero-order chi connectivity index (χ0) is 15.9. The minimum atomic E-state index is -3.67. The van der Waals surface area contributed by atoms with Gasteiger partial charge in [-0.05, 0) is 12.1 Å². The van der Waals surface area contributed by atoms with Crippen LogP contribution in [0.1, 0.15) is 0 Å². The first-order chi connectivity index (χ1) is 10.4. The van der Waals surface area contributed by atoms with E-state index in [1.54, 1.807) is 13.1 Å². The molecule has 22 heavy (non-hydrogen) atoms. The topological polar surface area (TPSA) is 108 Å². The molecular formula is C13H17N3O5S. The molecule has 1 saturated heterocycles. The van der Waals surface area contributed by atoms with Crippen LogP contribution >= 0.6 is 0 Å². The highest BCUT2D eigenvalue weighted by molar-refractivity contribution is 7.89. The van der Waals surface area contributed by atoms with Gasteiger partial charge in [0.15, 0.2) is 5.58 Å². The summed E-state index contributed by atoms with van der Waals surface area (Å²) in [5.74, 6) is -0.529. The van der Waals surface area contributed by atoms with Crippen LogP contribution in [-0.4, -0.2) is 49.6 Å². The van der Waals surface area contributed by atoms with Gasteiger partial charge in [-0.3, -0.25) is 4.57 Å². The largest absolute Gasteiger partial charge is 0.419 e. The number of ether oxygens (including phenoxy) is 1.